The van der Waals surface area contributed by atoms with Crippen molar-refractivity contribution in [2.45, 2.75) is 37.5 Å². The summed E-state index contributed by atoms with van der Waals surface area (Å²) in [6.45, 7) is 2.66. The van der Waals surface area contributed by atoms with Crippen LogP contribution in [0.4, 0.5) is 10.1 Å². The predicted octanol–water partition coefficient (Wildman–Crippen LogP) is 2.93. The predicted molar refractivity (Wildman–Crippen MR) is 115 cm³/mol. The van der Waals surface area contributed by atoms with Crippen LogP contribution in [0.15, 0.2) is 47.4 Å². The van der Waals surface area contributed by atoms with E-state index in [2.05, 4.69) is 20.8 Å². The highest BCUT2D eigenvalue weighted by Crippen LogP contribution is 2.22. The van der Waals surface area contributed by atoms with Gasteiger partial charge in [0.2, 0.25) is 10.0 Å². The molecule has 168 valence electrons. The summed E-state index contributed by atoms with van der Waals surface area (Å²) in [6, 6.07) is 9.88. The smallest absolute Gasteiger partial charge is 0.255 e. The molecule has 3 aromatic rings. The molecule has 1 amide bonds. The third kappa shape index (κ3) is 4.53. The van der Waals surface area contributed by atoms with Gasteiger partial charge in [0, 0.05) is 24.3 Å². The van der Waals surface area contributed by atoms with Gasteiger partial charge in [-0.25, -0.2) is 12.8 Å². The lowest BCUT2D eigenvalue weighted by atomic mass is 10.2. The van der Waals surface area contributed by atoms with Crippen molar-refractivity contribution in [3.8, 4) is 5.69 Å². The zero-order chi connectivity index (χ0) is 22.7. The number of carbonyl (C=O) groups is 1. The lowest BCUT2D eigenvalue weighted by molar-refractivity contribution is 0.102. The van der Waals surface area contributed by atoms with Crippen LogP contribution in [0.1, 0.15) is 41.9 Å². The highest BCUT2D eigenvalue weighted by molar-refractivity contribution is 7.89. The first-order valence-corrected chi connectivity index (χ1v) is 11.8. The van der Waals surface area contributed by atoms with E-state index in [1.165, 1.54) is 51.5 Å². The molecule has 11 heteroatoms. The zero-order valence-electron chi connectivity index (χ0n) is 17.5. The molecular formula is C21H23FN6O3S. The monoisotopic (exact) mass is 458 g/mol. The normalized spacial score (nSPS) is 15.3. The molecule has 32 heavy (non-hydrogen) atoms. The largest absolute Gasteiger partial charge is 0.322 e. The van der Waals surface area contributed by atoms with Crippen molar-refractivity contribution >= 4 is 21.6 Å². The molecular weight excluding hydrogens is 435 g/mol. The van der Waals surface area contributed by atoms with E-state index in [1.54, 1.807) is 6.92 Å². The van der Waals surface area contributed by atoms with Crippen molar-refractivity contribution in [1.82, 2.24) is 24.5 Å². The van der Waals surface area contributed by atoms with Crippen LogP contribution < -0.4 is 5.32 Å². The van der Waals surface area contributed by atoms with Crippen LogP contribution in [0.3, 0.4) is 0 Å². The topological polar surface area (TPSA) is 110 Å². The average Bonchev–Trinajstić information content (AvgIpc) is 3.02. The third-order valence-corrected chi connectivity index (χ3v) is 7.29. The van der Waals surface area contributed by atoms with Crippen molar-refractivity contribution in [1.29, 1.82) is 0 Å². The molecule has 1 aliphatic rings. The summed E-state index contributed by atoms with van der Waals surface area (Å²) in [6.07, 6.45) is 3.76. The van der Waals surface area contributed by atoms with Gasteiger partial charge in [0.05, 0.1) is 4.90 Å². The van der Waals surface area contributed by atoms with Crippen LogP contribution >= 0.6 is 0 Å². The second-order valence-corrected chi connectivity index (χ2v) is 9.54. The van der Waals surface area contributed by atoms with E-state index >= 15 is 0 Å². The highest BCUT2D eigenvalue weighted by Gasteiger charge is 2.25. The van der Waals surface area contributed by atoms with E-state index < -0.39 is 21.7 Å². The summed E-state index contributed by atoms with van der Waals surface area (Å²) in [4.78, 5) is 12.8. The van der Waals surface area contributed by atoms with Gasteiger partial charge in [0.15, 0.2) is 5.82 Å². The summed E-state index contributed by atoms with van der Waals surface area (Å²) in [5, 5.41) is 13.7. The first-order valence-electron chi connectivity index (χ1n) is 10.3. The summed E-state index contributed by atoms with van der Waals surface area (Å²) in [5.74, 6) is -0.593. The first kappa shape index (κ1) is 22.0. The minimum absolute atomic E-state index is 0.101. The molecule has 0 spiro atoms. The fourth-order valence-electron chi connectivity index (χ4n) is 3.62. The minimum Gasteiger partial charge on any atom is -0.322 e. The fraction of sp³-hybridized carbons (Fsp3) is 0.333. The number of tetrazole rings is 1. The molecule has 4 rings (SSSR count). The maximum atomic E-state index is 14.2. The Labute approximate surface area is 185 Å². The number of nitrogens with zero attached hydrogens (tertiary/aromatic N) is 5. The summed E-state index contributed by atoms with van der Waals surface area (Å²) >= 11 is 0. The van der Waals surface area contributed by atoms with E-state index in [1.807, 2.05) is 0 Å². The van der Waals surface area contributed by atoms with Crippen molar-refractivity contribution in [2.24, 2.45) is 0 Å². The van der Waals surface area contributed by atoms with Crippen LogP contribution in [0.2, 0.25) is 0 Å². The van der Waals surface area contributed by atoms with Gasteiger partial charge < -0.3 is 5.32 Å². The summed E-state index contributed by atoms with van der Waals surface area (Å²) < 4.78 is 42.7. The van der Waals surface area contributed by atoms with Gasteiger partial charge in [-0.3, -0.25) is 4.79 Å². The molecule has 0 unspecified atom stereocenters. The van der Waals surface area contributed by atoms with Crippen LogP contribution in [0.5, 0.6) is 0 Å². The lowest BCUT2D eigenvalue weighted by Crippen LogP contribution is -2.31. The molecule has 1 saturated heterocycles. The number of aromatic nitrogens is 4. The number of amides is 1. The molecule has 2 aromatic carbocycles. The molecule has 0 aliphatic carbocycles. The number of anilines is 1. The molecule has 0 radical (unpaired) electrons. The van der Waals surface area contributed by atoms with Gasteiger partial charge in [-0.05, 0) is 72.7 Å². The highest BCUT2D eigenvalue weighted by atomic mass is 32.2. The number of sulfonamides is 1. The number of aryl methyl sites for hydroxylation is 1. The molecule has 1 aliphatic heterocycles. The Morgan fingerprint density at radius 3 is 2.34 bits per heavy atom. The second-order valence-electron chi connectivity index (χ2n) is 7.60. The van der Waals surface area contributed by atoms with Crippen LogP contribution in [0, 0.1) is 12.7 Å². The van der Waals surface area contributed by atoms with E-state index in [0.29, 0.717) is 24.6 Å². The summed E-state index contributed by atoms with van der Waals surface area (Å²) in [5.41, 5.74) is 0.732. The van der Waals surface area contributed by atoms with Gasteiger partial charge in [-0.1, -0.05) is 12.8 Å². The molecule has 9 nitrogen and oxygen atoms in total. The number of nitrogens with one attached hydrogen (secondary N) is 1. The SMILES string of the molecule is Cc1nnnn1-c1cc(NC(=O)c2ccc(S(=O)(=O)N3CCCCCC3)cc2)ccc1F. The molecule has 0 bridgehead atoms. The molecule has 2 heterocycles. The van der Waals surface area contributed by atoms with Crippen LogP contribution in [-0.4, -0.2) is 51.9 Å². The van der Waals surface area contributed by atoms with Gasteiger partial charge in [0.1, 0.15) is 11.5 Å². The fourth-order valence-corrected chi connectivity index (χ4v) is 5.14. The van der Waals surface area contributed by atoms with Crippen molar-refractivity contribution < 1.29 is 17.6 Å². The van der Waals surface area contributed by atoms with Crippen molar-refractivity contribution in [3.63, 3.8) is 0 Å². The van der Waals surface area contributed by atoms with Crippen molar-refractivity contribution in [2.75, 3.05) is 18.4 Å². The van der Waals surface area contributed by atoms with Gasteiger partial charge in [-0.2, -0.15) is 8.99 Å². The Morgan fingerprint density at radius 2 is 1.72 bits per heavy atom. The maximum Gasteiger partial charge on any atom is 0.255 e. The van der Waals surface area contributed by atoms with Crippen LogP contribution in [0.25, 0.3) is 5.69 Å². The Bertz CT molecular complexity index is 1220. The van der Waals surface area contributed by atoms with E-state index in [-0.39, 0.29) is 16.1 Å². The third-order valence-electron chi connectivity index (χ3n) is 5.38. The number of hydrogen-bond donors (Lipinski definition) is 1. The second kappa shape index (κ2) is 9.13. The average molecular weight is 459 g/mol. The lowest BCUT2D eigenvalue weighted by Gasteiger charge is -2.20. The zero-order valence-corrected chi connectivity index (χ0v) is 18.3. The Kier molecular flexibility index (Phi) is 6.28. The van der Waals surface area contributed by atoms with E-state index in [4.69, 9.17) is 0 Å². The number of halogens is 1. The Balaban J connectivity index is 1.51. The van der Waals surface area contributed by atoms with E-state index in [0.717, 1.165) is 25.7 Å². The number of rotatable bonds is 5. The molecule has 1 N–H and O–H groups in total. The van der Waals surface area contributed by atoms with Gasteiger partial charge in [-0.15, -0.1) is 5.10 Å². The standard InChI is InChI=1S/C21H23FN6O3S/c1-15-24-25-26-28(15)20-14-17(8-11-19(20)22)23-21(29)16-6-9-18(10-7-16)32(30,31)27-12-4-2-3-5-13-27/h6-11,14H,2-5,12-13H2,1H3,(H,23,29). The molecule has 0 atom stereocenters. The van der Waals surface area contributed by atoms with Gasteiger partial charge in [0.25, 0.3) is 5.91 Å². The van der Waals surface area contributed by atoms with Crippen LogP contribution in [-0.2, 0) is 10.0 Å². The molecule has 0 saturated carbocycles. The number of hydrogen-bond acceptors (Lipinski definition) is 6. The van der Waals surface area contributed by atoms with E-state index in [9.17, 15) is 17.6 Å². The summed E-state index contributed by atoms with van der Waals surface area (Å²) in [7, 11) is -3.59. The van der Waals surface area contributed by atoms with Crippen molar-refractivity contribution in [3.05, 3.63) is 59.7 Å². The molecule has 1 fully saturated rings. The van der Waals surface area contributed by atoms with Gasteiger partial charge >= 0.3 is 0 Å². The maximum absolute atomic E-state index is 14.2. The molecule has 1 aromatic heterocycles. The number of carbonyl (C=O) groups excluding carboxylic acids is 1. The first-order chi connectivity index (χ1) is 15.4. The Hall–Kier alpha value is -3.18. The quantitative estimate of drug-likeness (QED) is 0.630. The Morgan fingerprint density at radius 1 is 1.03 bits per heavy atom. The minimum atomic E-state index is -3.59. The number of benzene rings is 2.